The van der Waals surface area contributed by atoms with E-state index in [1.54, 1.807) is 0 Å². The highest BCUT2D eigenvalue weighted by Crippen LogP contribution is 2.50. The van der Waals surface area contributed by atoms with Crippen molar-refractivity contribution in [3.05, 3.63) is 24.3 Å². The van der Waals surface area contributed by atoms with E-state index in [1.165, 1.54) is 17.0 Å². The molecule has 3 fully saturated rings. The first-order valence-electron chi connectivity index (χ1n) is 12.0. The predicted molar refractivity (Wildman–Crippen MR) is 119 cm³/mol. The molecule has 1 aliphatic carbocycles. The molecule has 0 bridgehead atoms. The Morgan fingerprint density at radius 1 is 1.28 bits per heavy atom. The van der Waals surface area contributed by atoms with Gasteiger partial charge in [0.1, 0.15) is 29.8 Å². The van der Waals surface area contributed by atoms with E-state index in [4.69, 9.17) is 4.74 Å². The van der Waals surface area contributed by atoms with Gasteiger partial charge in [-0.05, 0) is 68.3 Å². The molecule has 3 N–H and O–H groups in total. The Balaban J connectivity index is 1.36. The zero-order valence-corrected chi connectivity index (χ0v) is 19.6. The molecule has 4 rings (SSSR count). The Morgan fingerprint density at radius 3 is 2.53 bits per heavy atom. The lowest BCUT2D eigenvalue weighted by molar-refractivity contribution is -0.274. The van der Waals surface area contributed by atoms with E-state index in [0.717, 1.165) is 31.4 Å². The highest BCUT2D eigenvalue weighted by molar-refractivity contribution is 5.89. The Labute approximate surface area is 206 Å². The first-order chi connectivity index (χ1) is 17.1. The molecule has 1 spiro atoms. The maximum atomic E-state index is 13.2. The van der Waals surface area contributed by atoms with E-state index in [9.17, 15) is 33.1 Å². The lowest BCUT2D eigenvalue weighted by atomic mass is 9.67. The van der Waals surface area contributed by atoms with Crippen LogP contribution in [0.4, 0.5) is 13.2 Å². The molecule has 1 saturated carbocycles. The quantitative estimate of drug-likeness (QED) is 0.489. The number of aliphatic hydroxyl groups is 1. The van der Waals surface area contributed by atoms with Crippen molar-refractivity contribution >= 4 is 11.8 Å². The van der Waals surface area contributed by atoms with Gasteiger partial charge in [0.25, 0.3) is 5.91 Å². The zero-order chi connectivity index (χ0) is 25.9. The molecule has 2 aliphatic heterocycles. The summed E-state index contributed by atoms with van der Waals surface area (Å²) in [5.74, 6) is -1.19. The molecular formula is C24H29F3N4O5. The third-order valence-corrected chi connectivity index (χ3v) is 7.29. The van der Waals surface area contributed by atoms with Crippen LogP contribution < -0.4 is 20.1 Å². The van der Waals surface area contributed by atoms with Crippen LogP contribution in [0.5, 0.6) is 11.5 Å². The van der Waals surface area contributed by atoms with Crippen LogP contribution in [0.15, 0.2) is 24.3 Å². The van der Waals surface area contributed by atoms with Gasteiger partial charge in [-0.3, -0.25) is 14.9 Å². The molecule has 1 aromatic carbocycles. The maximum absolute atomic E-state index is 13.2. The van der Waals surface area contributed by atoms with Gasteiger partial charge in [0.15, 0.2) is 6.61 Å². The van der Waals surface area contributed by atoms with Gasteiger partial charge in [0.05, 0.1) is 6.07 Å². The van der Waals surface area contributed by atoms with Gasteiger partial charge in [-0.25, -0.2) is 0 Å². The monoisotopic (exact) mass is 510 g/mol. The molecule has 2 saturated heterocycles. The molecule has 2 heterocycles. The summed E-state index contributed by atoms with van der Waals surface area (Å²) in [6, 6.07) is 5.24. The van der Waals surface area contributed by atoms with Crippen molar-refractivity contribution in [2.24, 2.45) is 11.3 Å². The van der Waals surface area contributed by atoms with E-state index < -0.39 is 42.2 Å². The number of carbonyl (C=O) groups is 2. The number of likely N-dealkylation sites (tertiary alicyclic amines) is 1. The van der Waals surface area contributed by atoms with Crippen molar-refractivity contribution in [3.63, 3.8) is 0 Å². The summed E-state index contributed by atoms with van der Waals surface area (Å²) in [5.41, 5.74) is -0.123. The van der Waals surface area contributed by atoms with Gasteiger partial charge in [0.2, 0.25) is 5.91 Å². The highest BCUT2D eigenvalue weighted by Gasteiger charge is 2.51. The average molecular weight is 511 g/mol. The summed E-state index contributed by atoms with van der Waals surface area (Å²) >= 11 is 0. The van der Waals surface area contributed by atoms with Crippen LogP contribution in [0.3, 0.4) is 0 Å². The van der Waals surface area contributed by atoms with Crippen LogP contribution in [0, 0.1) is 22.7 Å². The van der Waals surface area contributed by atoms with Crippen LogP contribution in [-0.2, 0) is 9.59 Å². The lowest BCUT2D eigenvalue weighted by Gasteiger charge is -2.37. The Bertz CT molecular complexity index is 993. The number of aliphatic hydroxyl groups excluding tert-OH is 1. The van der Waals surface area contributed by atoms with Crippen molar-refractivity contribution in [3.8, 4) is 17.6 Å². The third kappa shape index (κ3) is 6.20. The molecule has 0 radical (unpaired) electrons. The molecular weight excluding hydrogens is 481 g/mol. The van der Waals surface area contributed by atoms with Crippen molar-refractivity contribution in [2.75, 3.05) is 19.7 Å². The number of nitrogens with one attached hydrogen (secondary N) is 2. The second-order valence-corrected chi connectivity index (χ2v) is 9.78. The molecule has 4 atom stereocenters. The van der Waals surface area contributed by atoms with Crippen LogP contribution in [0.1, 0.15) is 38.5 Å². The fourth-order valence-corrected chi connectivity index (χ4v) is 5.26. The summed E-state index contributed by atoms with van der Waals surface area (Å²) < 4.78 is 46.2. The van der Waals surface area contributed by atoms with Crippen LogP contribution in [0.25, 0.3) is 0 Å². The summed E-state index contributed by atoms with van der Waals surface area (Å²) in [5, 5.41) is 25.2. The standard InChI is InChI=1S/C24H29F3N4O5/c25-24(26,27)36-18-4-2-17(3-5-18)35-13-20(32)31-14-23(7-1-8-23)11-19(31)22(34)30-16(12-28)10-15-6-9-29-21(15)33/h2-5,15-16,19,21,29,33H,1,6-11,13-14H2,(H,30,34)/t15-,16-,19-,21?/m0/s1. The number of carbonyl (C=O) groups excluding carboxylic acids is 2. The number of hydrogen-bond donors (Lipinski definition) is 3. The fourth-order valence-electron chi connectivity index (χ4n) is 5.26. The van der Waals surface area contributed by atoms with Crippen LogP contribution in [0.2, 0.25) is 0 Å². The van der Waals surface area contributed by atoms with E-state index in [-0.39, 0.29) is 23.7 Å². The smallest absolute Gasteiger partial charge is 0.484 e. The lowest BCUT2D eigenvalue weighted by Crippen LogP contribution is -2.50. The zero-order valence-electron chi connectivity index (χ0n) is 19.6. The minimum absolute atomic E-state index is 0.123. The van der Waals surface area contributed by atoms with Crippen LogP contribution >= 0.6 is 0 Å². The topological polar surface area (TPSA) is 124 Å². The van der Waals surface area contributed by atoms with Crippen molar-refractivity contribution in [1.82, 2.24) is 15.5 Å². The number of rotatable bonds is 8. The summed E-state index contributed by atoms with van der Waals surface area (Å²) in [7, 11) is 0. The van der Waals surface area contributed by atoms with E-state index in [2.05, 4.69) is 21.4 Å². The van der Waals surface area contributed by atoms with Crippen molar-refractivity contribution in [1.29, 1.82) is 5.26 Å². The SMILES string of the molecule is N#C[C@H](C[C@@H]1CCNC1O)NC(=O)[C@@H]1CC2(CCC2)CN1C(=O)COc1ccc(OC(F)(F)F)cc1. The van der Waals surface area contributed by atoms with Gasteiger partial charge >= 0.3 is 6.36 Å². The van der Waals surface area contributed by atoms with E-state index >= 15 is 0 Å². The number of nitriles is 1. The van der Waals surface area contributed by atoms with Gasteiger partial charge in [-0.1, -0.05) is 6.42 Å². The van der Waals surface area contributed by atoms with Crippen molar-refractivity contribution in [2.45, 2.75) is 63.2 Å². The number of ether oxygens (including phenoxy) is 2. The molecule has 196 valence electrons. The number of nitrogens with zero attached hydrogens (tertiary/aromatic N) is 2. The second kappa shape index (κ2) is 10.5. The number of hydrogen-bond acceptors (Lipinski definition) is 7. The first-order valence-corrected chi connectivity index (χ1v) is 12.0. The minimum atomic E-state index is -4.81. The predicted octanol–water partition coefficient (Wildman–Crippen LogP) is 2.06. The second-order valence-electron chi connectivity index (χ2n) is 9.78. The maximum Gasteiger partial charge on any atom is 0.573 e. The average Bonchev–Trinajstić information content (AvgIpc) is 3.41. The van der Waals surface area contributed by atoms with Gasteiger partial charge in [0, 0.05) is 12.5 Å². The molecule has 2 amide bonds. The Hall–Kier alpha value is -3.04. The fraction of sp³-hybridized carbons (Fsp3) is 0.625. The Morgan fingerprint density at radius 2 is 1.97 bits per heavy atom. The van der Waals surface area contributed by atoms with E-state index in [1.807, 2.05) is 0 Å². The van der Waals surface area contributed by atoms with Crippen molar-refractivity contribution < 1.29 is 37.3 Å². The van der Waals surface area contributed by atoms with Gasteiger partial charge in [-0.15, -0.1) is 13.2 Å². The molecule has 9 nitrogen and oxygen atoms in total. The first kappa shape index (κ1) is 26.0. The normalized spacial score (nSPS) is 25.6. The third-order valence-electron chi connectivity index (χ3n) is 7.29. The number of benzene rings is 1. The van der Waals surface area contributed by atoms with Gasteiger partial charge < -0.3 is 24.8 Å². The molecule has 1 aromatic rings. The summed E-state index contributed by atoms with van der Waals surface area (Å²) in [6.45, 7) is 0.665. The molecule has 0 aromatic heterocycles. The number of alkyl halides is 3. The minimum Gasteiger partial charge on any atom is -0.484 e. The Kier molecular flexibility index (Phi) is 7.61. The summed E-state index contributed by atoms with van der Waals surface area (Å²) in [4.78, 5) is 27.7. The molecule has 3 aliphatic rings. The number of amides is 2. The largest absolute Gasteiger partial charge is 0.573 e. The molecule has 12 heteroatoms. The highest BCUT2D eigenvalue weighted by atomic mass is 19.4. The molecule has 1 unspecified atom stereocenters. The number of halogens is 3. The molecule has 36 heavy (non-hydrogen) atoms. The summed E-state index contributed by atoms with van der Waals surface area (Å²) in [6.07, 6.45) is -1.18. The van der Waals surface area contributed by atoms with Gasteiger partial charge in [-0.2, -0.15) is 5.26 Å². The van der Waals surface area contributed by atoms with Crippen LogP contribution in [-0.4, -0.2) is 66.2 Å². The van der Waals surface area contributed by atoms with E-state index in [0.29, 0.717) is 32.4 Å².